The van der Waals surface area contributed by atoms with Crippen LogP contribution in [0.2, 0.25) is 0 Å². The highest BCUT2D eigenvalue weighted by Gasteiger charge is 2.41. The molecule has 0 heterocycles. The summed E-state index contributed by atoms with van der Waals surface area (Å²) in [6.45, 7) is 5.25. The van der Waals surface area contributed by atoms with Gasteiger partial charge in [-0.1, -0.05) is 43.4 Å². The Balaban J connectivity index is 4.13. The minimum atomic E-state index is -4.05. The lowest BCUT2D eigenvalue weighted by molar-refractivity contribution is -0.135. The second-order valence-corrected chi connectivity index (χ2v) is 4.39. The number of halogens is 4. The van der Waals surface area contributed by atoms with Gasteiger partial charge in [0.25, 0.3) is 0 Å². The molecule has 0 aromatic rings. The molecule has 4 heteroatoms. The van der Waals surface area contributed by atoms with Crippen LogP contribution in [0.25, 0.3) is 0 Å². The minimum absolute atomic E-state index is 0.0820. The highest BCUT2D eigenvalue weighted by molar-refractivity contribution is 14.1. The number of alkyl halides is 4. The van der Waals surface area contributed by atoms with Crippen LogP contribution in [0, 0.1) is 11.8 Å². The number of hydrogen-bond donors (Lipinski definition) is 0. The van der Waals surface area contributed by atoms with E-state index in [9.17, 15) is 13.2 Å². The fourth-order valence-electron chi connectivity index (χ4n) is 0.636. The standard InChI is InChI=1S/C7H12F3I/c1-4(2)5(3)6(11)7(8,9)10/h4-6H,1-3H3. The third kappa shape index (κ3) is 3.62. The molecule has 11 heavy (non-hydrogen) atoms. The van der Waals surface area contributed by atoms with Gasteiger partial charge in [0.2, 0.25) is 0 Å². The molecule has 0 saturated heterocycles. The Bertz CT molecular complexity index is 119. The van der Waals surface area contributed by atoms with Gasteiger partial charge in [0.15, 0.2) is 0 Å². The SMILES string of the molecule is CC(C)C(C)C(I)C(F)(F)F. The van der Waals surface area contributed by atoms with Crippen molar-refractivity contribution in [2.24, 2.45) is 11.8 Å². The molecule has 0 aliphatic heterocycles. The summed E-state index contributed by atoms with van der Waals surface area (Å²) in [4.78, 5) is 0. The molecule has 0 radical (unpaired) electrons. The van der Waals surface area contributed by atoms with E-state index in [1.165, 1.54) is 22.6 Å². The van der Waals surface area contributed by atoms with Crippen molar-refractivity contribution in [1.82, 2.24) is 0 Å². The Labute approximate surface area is 78.7 Å². The molecule has 2 atom stereocenters. The van der Waals surface area contributed by atoms with Gasteiger partial charge in [-0.15, -0.1) is 0 Å². The Hall–Kier alpha value is 0.520. The van der Waals surface area contributed by atoms with Crippen LogP contribution >= 0.6 is 22.6 Å². The Kier molecular flexibility index (Phi) is 4.15. The van der Waals surface area contributed by atoms with Crippen LogP contribution in [-0.2, 0) is 0 Å². The van der Waals surface area contributed by atoms with E-state index in [4.69, 9.17) is 0 Å². The second kappa shape index (κ2) is 3.96. The van der Waals surface area contributed by atoms with Crippen LogP contribution in [0.1, 0.15) is 20.8 Å². The fourth-order valence-corrected chi connectivity index (χ4v) is 1.47. The molecule has 0 aromatic carbocycles. The first-order valence-corrected chi connectivity index (χ1v) is 4.72. The summed E-state index contributed by atoms with van der Waals surface area (Å²) in [6, 6.07) is 0. The summed E-state index contributed by atoms with van der Waals surface area (Å²) in [5.41, 5.74) is 0. The summed E-state index contributed by atoms with van der Waals surface area (Å²) in [5.74, 6) is -0.228. The molecule has 0 spiro atoms. The van der Waals surface area contributed by atoms with Crippen molar-refractivity contribution >= 4 is 22.6 Å². The topological polar surface area (TPSA) is 0 Å². The van der Waals surface area contributed by atoms with E-state index < -0.39 is 10.1 Å². The highest BCUT2D eigenvalue weighted by Crippen LogP contribution is 2.35. The van der Waals surface area contributed by atoms with Crippen LogP contribution in [0.3, 0.4) is 0 Å². The first-order chi connectivity index (χ1) is 4.76. The highest BCUT2D eigenvalue weighted by atomic mass is 127. The van der Waals surface area contributed by atoms with Crippen LogP contribution in [0.5, 0.6) is 0 Å². The molecular formula is C7H12F3I. The molecule has 0 bridgehead atoms. The quantitative estimate of drug-likeness (QED) is 0.535. The molecule has 0 fully saturated rings. The van der Waals surface area contributed by atoms with Crippen LogP contribution in [0.4, 0.5) is 13.2 Å². The van der Waals surface area contributed by atoms with Gasteiger partial charge in [-0.25, -0.2) is 0 Å². The molecule has 0 nitrogen and oxygen atoms in total. The van der Waals surface area contributed by atoms with Crippen molar-refractivity contribution in [3.63, 3.8) is 0 Å². The normalized spacial score (nSPS) is 18.5. The van der Waals surface area contributed by atoms with Crippen molar-refractivity contribution in [2.45, 2.75) is 30.9 Å². The maximum absolute atomic E-state index is 12.1. The maximum Gasteiger partial charge on any atom is 0.400 e. The van der Waals surface area contributed by atoms with Crippen LogP contribution in [-0.4, -0.2) is 10.1 Å². The summed E-state index contributed by atoms with van der Waals surface area (Å²) in [6.07, 6.45) is -4.05. The molecule has 2 unspecified atom stereocenters. The van der Waals surface area contributed by atoms with Gasteiger partial charge in [0, 0.05) is 0 Å². The molecule has 68 valence electrons. The molecule has 0 aromatic heterocycles. The predicted octanol–water partition coefficient (Wildman–Crippen LogP) is 3.64. The van der Waals surface area contributed by atoms with E-state index in [-0.39, 0.29) is 11.8 Å². The molecule has 0 rings (SSSR count). The van der Waals surface area contributed by atoms with Gasteiger partial charge < -0.3 is 0 Å². The van der Waals surface area contributed by atoms with Gasteiger partial charge in [0.05, 0.1) is 0 Å². The van der Waals surface area contributed by atoms with Crippen molar-refractivity contribution in [3.8, 4) is 0 Å². The predicted molar refractivity (Wildman–Crippen MR) is 47.9 cm³/mol. The summed E-state index contributed by atoms with van der Waals surface area (Å²) < 4.78 is 34.9. The third-order valence-electron chi connectivity index (χ3n) is 1.83. The van der Waals surface area contributed by atoms with Crippen molar-refractivity contribution < 1.29 is 13.2 Å². The smallest absolute Gasteiger partial charge is 0.170 e. The van der Waals surface area contributed by atoms with E-state index in [1.54, 1.807) is 6.92 Å². The minimum Gasteiger partial charge on any atom is -0.170 e. The Morgan fingerprint density at radius 2 is 1.45 bits per heavy atom. The maximum atomic E-state index is 12.1. The Morgan fingerprint density at radius 3 is 1.55 bits per heavy atom. The summed E-state index contributed by atoms with van der Waals surface area (Å²) >= 11 is 1.46. The van der Waals surface area contributed by atoms with Gasteiger partial charge in [-0.2, -0.15) is 13.2 Å². The molecule has 0 amide bonds. The van der Waals surface area contributed by atoms with Crippen LogP contribution < -0.4 is 0 Å². The number of hydrogen-bond acceptors (Lipinski definition) is 0. The van der Waals surface area contributed by atoms with E-state index in [2.05, 4.69) is 0 Å². The van der Waals surface area contributed by atoms with E-state index in [1.807, 2.05) is 13.8 Å². The van der Waals surface area contributed by atoms with Gasteiger partial charge >= 0.3 is 6.18 Å². The Morgan fingerprint density at radius 1 is 1.09 bits per heavy atom. The van der Waals surface area contributed by atoms with Crippen molar-refractivity contribution in [2.75, 3.05) is 0 Å². The average Bonchev–Trinajstić information content (AvgIpc) is 1.82. The van der Waals surface area contributed by atoms with Crippen molar-refractivity contribution in [3.05, 3.63) is 0 Å². The second-order valence-electron chi connectivity index (χ2n) is 3.05. The number of rotatable bonds is 2. The average molecular weight is 280 g/mol. The van der Waals surface area contributed by atoms with Crippen LogP contribution in [0.15, 0.2) is 0 Å². The lowest BCUT2D eigenvalue weighted by Crippen LogP contribution is -2.31. The van der Waals surface area contributed by atoms with E-state index in [0.29, 0.717) is 0 Å². The van der Waals surface area contributed by atoms with Gasteiger partial charge in [0.1, 0.15) is 3.92 Å². The summed E-state index contributed by atoms with van der Waals surface area (Å²) in [5, 5.41) is 0. The molecular weight excluding hydrogens is 268 g/mol. The third-order valence-corrected chi connectivity index (χ3v) is 3.67. The monoisotopic (exact) mass is 280 g/mol. The van der Waals surface area contributed by atoms with E-state index in [0.717, 1.165) is 0 Å². The lowest BCUT2D eigenvalue weighted by Gasteiger charge is -2.23. The largest absolute Gasteiger partial charge is 0.400 e. The molecule has 0 aliphatic carbocycles. The first kappa shape index (κ1) is 11.5. The zero-order valence-corrected chi connectivity index (χ0v) is 8.90. The van der Waals surface area contributed by atoms with Crippen molar-refractivity contribution in [1.29, 1.82) is 0 Å². The van der Waals surface area contributed by atoms with Gasteiger partial charge in [-0.3, -0.25) is 0 Å². The molecule has 0 N–H and O–H groups in total. The van der Waals surface area contributed by atoms with E-state index >= 15 is 0 Å². The molecule has 0 saturated carbocycles. The summed E-state index contributed by atoms with van der Waals surface area (Å²) in [7, 11) is 0. The first-order valence-electron chi connectivity index (χ1n) is 3.47. The van der Waals surface area contributed by atoms with Gasteiger partial charge in [-0.05, 0) is 11.8 Å². The fraction of sp³-hybridized carbons (Fsp3) is 1.00. The zero-order chi connectivity index (χ0) is 9.23. The lowest BCUT2D eigenvalue weighted by atomic mass is 9.94. The zero-order valence-electron chi connectivity index (χ0n) is 6.74. The molecule has 0 aliphatic rings.